The van der Waals surface area contributed by atoms with Gasteiger partial charge >= 0.3 is 6.09 Å². The lowest BCUT2D eigenvalue weighted by Gasteiger charge is -2.40. The third-order valence-electron chi connectivity index (χ3n) is 4.91. The fourth-order valence-corrected chi connectivity index (χ4v) is 3.37. The zero-order chi connectivity index (χ0) is 21.5. The lowest BCUT2D eigenvalue weighted by atomic mass is 9.94. The number of aryl methyl sites for hydroxylation is 1. The highest BCUT2D eigenvalue weighted by Gasteiger charge is 2.41. The Labute approximate surface area is 168 Å². The van der Waals surface area contributed by atoms with E-state index in [1.807, 2.05) is 0 Å². The highest BCUT2D eigenvalue weighted by molar-refractivity contribution is 5.84. The smallest absolute Gasteiger partial charge is 0.410 e. The van der Waals surface area contributed by atoms with Gasteiger partial charge in [-0.05, 0) is 52.8 Å². The van der Waals surface area contributed by atoms with E-state index in [1.165, 1.54) is 23.1 Å². The Bertz CT molecular complexity index is 929. The number of nitrogens with zero attached hydrogens (tertiary/aromatic N) is 1. The van der Waals surface area contributed by atoms with E-state index in [4.69, 9.17) is 9.15 Å². The molecule has 8 heteroatoms. The molecule has 6 nitrogen and oxygen atoms in total. The molecule has 1 aliphatic heterocycles. The van der Waals surface area contributed by atoms with E-state index in [-0.39, 0.29) is 18.9 Å². The van der Waals surface area contributed by atoms with E-state index in [1.54, 1.807) is 34.6 Å². The van der Waals surface area contributed by atoms with E-state index in [0.717, 1.165) is 0 Å². The summed E-state index contributed by atoms with van der Waals surface area (Å²) in [6, 6.07) is 3.60. The van der Waals surface area contributed by atoms with Crippen molar-refractivity contribution in [2.75, 3.05) is 13.1 Å². The fraction of sp³-hybridized carbons (Fsp3) is 0.524. The highest BCUT2D eigenvalue weighted by atomic mass is 19.1. The summed E-state index contributed by atoms with van der Waals surface area (Å²) in [5.41, 5.74) is 0.573. The van der Waals surface area contributed by atoms with E-state index in [9.17, 15) is 18.4 Å². The summed E-state index contributed by atoms with van der Waals surface area (Å²) in [5.74, 6) is -1.28. The van der Waals surface area contributed by atoms with Crippen molar-refractivity contribution >= 4 is 23.0 Å². The van der Waals surface area contributed by atoms with E-state index in [0.29, 0.717) is 22.3 Å². The predicted molar refractivity (Wildman–Crippen MR) is 104 cm³/mol. The SMILES string of the molecule is Cc1c([C@H](C)NC(=O)[C@@H](F)C2CN(C(=O)OC(C)(C)C)C2)oc2ccc(F)cc12. The minimum Gasteiger partial charge on any atom is -0.459 e. The number of furan rings is 1. The molecule has 1 aromatic carbocycles. The van der Waals surface area contributed by atoms with Crippen LogP contribution in [0.3, 0.4) is 0 Å². The molecule has 2 amide bonds. The maximum absolute atomic E-state index is 14.6. The number of benzene rings is 1. The predicted octanol–water partition coefficient (Wildman–Crippen LogP) is 4.26. The van der Waals surface area contributed by atoms with Crippen LogP contribution in [-0.4, -0.2) is 41.8 Å². The normalized spacial score (nSPS) is 17.0. The number of nitrogens with one attached hydrogen (secondary N) is 1. The van der Waals surface area contributed by atoms with Gasteiger partial charge in [0.15, 0.2) is 6.17 Å². The van der Waals surface area contributed by atoms with Crippen LogP contribution in [0.5, 0.6) is 0 Å². The van der Waals surface area contributed by atoms with Crippen LogP contribution in [0.4, 0.5) is 13.6 Å². The van der Waals surface area contributed by atoms with Gasteiger partial charge in [-0.1, -0.05) is 0 Å². The second-order valence-electron chi connectivity index (χ2n) is 8.51. The van der Waals surface area contributed by atoms with Crippen molar-refractivity contribution in [3.05, 3.63) is 35.3 Å². The summed E-state index contributed by atoms with van der Waals surface area (Å²) in [6.07, 6.45) is -2.27. The van der Waals surface area contributed by atoms with Gasteiger partial charge in [-0.25, -0.2) is 13.6 Å². The first-order valence-electron chi connectivity index (χ1n) is 9.57. The lowest BCUT2D eigenvalue weighted by Crippen LogP contribution is -2.57. The van der Waals surface area contributed by atoms with Gasteiger partial charge in [0.05, 0.1) is 6.04 Å². The number of amides is 2. The Balaban J connectivity index is 1.58. The minimum absolute atomic E-state index is 0.126. The van der Waals surface area contributed by atoms with Crippen LogP contribution in [0.2, 0.25) is 0 Å². The largest absolute Gasteiger partial charge is 0.459 e. The molecule has 1 aliphatic rings. The van der Waals surface area contributed by atoms with Gasteiger partial charge in [0.25, 0.3) is 5.91 Å². The molecule has 2 aromatic rings. The minimum atomic E-state index is -1.75. The second kappa shape index (κ2) is 7.65. The summed E-state index contributed by atoms with van der Waals surface area (Å²) in [4.78, 5) is 25.6. The average molecular weight is 408 g/mol. The van der Waals surface area contributed by atoms with Crippen LogP contribution in [0, 0.1) is 18.7 Å². The van der Waals surface area contributed by atoms with Crippen molar-refractivity contribution < 1.29 is 27.5 Å². The van der Waals surface area contributed by atoms with Crippen molar-refractivity contribution in [3.63, 3.8) is 0 Å². The lowest BCUT2D eigenvalue weighted by molar-refractivity contribution is -0.131. The molecule has 158 valence electrons. The average Bonchev–Trinajstić information content (AvgIpc) is 2.88. The van der Waals surface area contributed by atoms with Gasteiger partial charge in [-0.3, -0.25) is 4.79 Å². The number of rotatable bonds is 4. The Hall–Kier alpha value is -2.64. The van der Waals surface area contributed by atoms with Gasteiger partial charge in [0.1, 0.15) is 22.8 Å². The first-order chi connectivity index (χ1) is 13.5. The Morgan fingerprint density at radius 1 is 1.31 bits per heavy atom. The molecule has 1 N–H and O–H groups in total. The van der Waals surface area contributed by atoms with Gasteiger partial charge in [-0.15, -0.1) is 0 Å². The van der Waals surface area contributed by atoms with Crippen LogP contribution in [0.1, 0.15) is 45.1 Å². The van der Waals surface area contributed by atoms with Crippen LogP contribution in [-0.2, 0) is 9.53 Å². The second-order valence-corrected chi connectivity index (χ2v) is 8.51. The van der Waals surface area contributed by atoms with E-state index < -0.39 is 35.7 Å². The van der Waals surface area contributed by atoms with Crippen molar-refractivity contribution in [1.29, 1.82) is 0 Å². The monoisotopic (exact) mass is 408 g/mol. The molecular formula is C21H26F2N2O4. The third kappa shape index (κ3) is 4.52. The van der Waals surface area contributed by atoms with Crippen LogP contribution < -0.4 is 5.32 Å². The number of carbonyl (C=O) groups is 2. The van der Waals surface area contributed by atoms with Crippen molar-refractivity contribution in [3.8, 4) is 0 Å². The molecule has 1 saturated heterocycles. The first-order valence-corrected chi connectivity index (χ1v) is 9.57. The van der Waals surface area contributed by atoms with Gasteiger partial charge < -0.3 is 19.4 Å². The number of likely N-dealkylation sites (tertiary alicyclic amines) is 1. The first kappa shape index (κ1) is 21.1. The standard InChI is InChI=1S/C21H26F2N2O4/c1-11-15-8-14(22)6-7-16(15)28-18(11)12(2)24-19(26)17(23)13-9-25(10-13)20(27)29-21(3,4)5/h6-8,12-13,17H,9-10H2,1-5H3,(H,24,26)/t12-,17-/m0/s1. The Morgan fingerprint density at radius 2 is 1.97 bits per heavy atom. The van der Waals surface area contributed by atoms with Crippen LogP contribution in [0.25, 0.3) is 11.0 Å². The molecule has 0 spiro atoms. The molecule has 0 aliphatic carbocycles. The number of alkyl halides is 1. The Kier molecular flexibility index (Phi) is 5.56. The molecule has 0 radical (unpaired) electrons. The molecule has 0 bridgehead atoms. The molecule has 0 unspecified atom stereocenters. The topological polar surface area (TPSA) is 71.8 Å². The summed E-state index contributed by atoms with van der Waals surface area (Å²) in [6.45, 7) is 8.96. The maximum Gasteiger partial charge on any atom is 0.410 e. The Morgan fingerprint density at radius 3 is 2.59 bits per heavy atom. The molecule has 0 saturated carbocycles. The zero-order valence-electron chi connectivity index (χ0n) is 17.2. The van der Waals surface area contributed by atoms with Gasteiger partial charge in [0, 0.05) is 30.0 Å². The highest BCUT2D eigenvalue weighted by Crippen LogP contribution is 2.30. The van der Waals surface area contributed by atoms with E-state index >= 15 is 0 Å². The summed E-state index contributed by atoms with van der Waals surface area (Å²) in [7, 11) is 0. The number of halogens is 2. The molecule has 29 heavy (non-hydrogen) atoms. The molecule has 3 rings (SSSR count). The zero-order valence-corrected chi connectivity index (χ0v) is 17.2. The van der Waals surface area contributed by atoms with Crippen molar-refractivity contribution in [2.24, 2.45) is 5.92 Å². The molecule has 2 heterocycles. The summed E-state index contributed by atoms with van der Waals surface area (Å²) >= 11 is 0. The molecule has 1 fully saturated rings. The number of fused-ring (bicyclic) bond motifs is 1. The van der Waals surface area contributed by atoms with E-state index in [2.05, 4.69) is 5.32 Å². The quantitative estimate of drug-likeness (QED) is 0.821. The molecule has 2 atom stereocenters. The summed E-state index contributed by atoms with van der Waals surface area (Å²) in [5, 5.41) is 3.22. The fourth-order valence-electron chi connectivity index (χ4n) is 3.37. The van der Waals surface area contributed by atoms with Gasteiger partial charge in [-0.2, -0.15) is 0 Å². The maximum atomic E-state index is 14.6. The third-order valence-corrected chi connectivity index (χ3v) is 4.91. The molecule has 1 aromatic heterocycles. The number of ether oxygens (including phenoxy) is 1. The van der Waals surface area contributed by atoms with Crippen molar-refractivity contribution in [2.45, 2.75) is 52.4 Å². The van der Waals surface area contributed by atoms with Gasteiger partial charge in [0.2, 0.25) is 0 Å². The molecular weight excluding hydrogens is 382 g/mol. The number of carbonyl (C=O) groups excluding carboxylic acids is 2. The summed E-state index contributed by atoms with van der Waals surface area (Å²) < 4.78 is 39.0. The van der Waals surface area contributed by atoms with Crippen LogP contribution >= 0.6 is 0 Å². The number of hydrogen-bond donors (Lipinski definition) is 1. The van der Waals surface area contributed by atoms with Crippen molar-refractivity contribution in [1.82, 2.24) is 10.2 Å². The van der Waals surface area contributed by atoms with Crippen LogP contribution in [0.15, 0.2) is 22.6 Å². The number of hydrogen-bond acceptors (Lipinski definition) is 4.